The van der Waals surface area contributed by atoms with Crippen molar-refractivity contribution >= 4 is 22.8 Å². The van der Waals surface area contributed by atoms with Gasteiger partial charge in [-0.3, -0.25) is 4.79 Å². The molecule has 3 N–H and O–H groups in total. The van der Waals surface area contributed by atoms with E-state index >= 15 is 0 Å². The molecule has 8 nitrogen and oxygen atoms in total. The molecule has 0 aliphatic rings. The lowest BCUT2D eigenvalue weighted by Gasteiger charge is -2.04. The molecule has 0 fully saturated rings. The van der Waals surface area contributed by atoms with Gasteiger partial charge in [-0.25, -0.2) is 9.48 Å². The predicted octanol–water partition coefficient (Wildman–Crippen LogP) is 1.13. The van der Waals surface area contributed by atoms with Gasteiger partial charge >= 0.3 is 11.9 Å². The highest BCUT2D eigenvalue weighted by Gasteiger charge is 2.21. The minimum Gasteiger partial charge on any atom is -0.480 e. The van der Waals surface area contributed by atoms with Crippen LogP contribution in [-0.4, -0.2) is 42.1 Å². The standard InChI is InChI=1S/C14H12N4O4/c19-12(20)7-18-11(13(14(21)22)16-17-18)5-8-6-15-10-4-2-1-3-9(8)10/h1-4,6,15H,5,7H2,(H,19,20)(H,21,22). The fraction of sp³-hybridized carbons (Fsp3) is 0.143. The lowest BCUT2D eigenvalue weighted by Crippen LogP contribution is -2.14. The lowest BCUT2D eigenvalue weighted by atomic mass is 10.1. The number of hydrogen-bond donors (Lipinski definition) is 3. The van der Waals surface area contributed by atoms with Gasteiger partial charge in [0.05, 0.1) is 5.69 Å². The molecule has 112 valence electrons. The molecule has 0 spiro atoms. The van der Waals surface area contributed by atoms with Crippen molar-refractivity contribution in [3.63, 3.8) is 0 Å². The summed E-state index contributed by atoms with van der Waals surface area (Å²) in [4.78, 5) is 25.2. The Hall–Kier alpha value is -3.16. The fourth-order valence-electron chi connectivity index (χ4n) is 2.39. The molecule has 0 aliphatic heterocycles. The first kappa shape index (κ1) is 13.8. The van der Waals surface area contributed by atoms with Crippen LogP contribution in [0, 0.1) is 0 Å². The highest BCUT2D eigenvalue weighted by Crippen LogP contribution is 2.21. The quantitative estimate of drug-likeness (QED) is 0.649. The number of aromatic carboxylic acids is 1. The number of nitrogens with zero attached hydrogens (tertiary/aromatic N) is 3. The zero-order valence-electron chi connectivity index (χ0n) is 11.4. The van der Waals surface area contributed by atoms with Crippen LogP contribution in [0.4, 0.5) is 0 Å². The first-order valence-corrected chi connectivity index (χ1v) is 6.48. The third kappa shape index (κ3) is 2.41. The van der Waals surface area contributed by atoms with Crippen LogP contribution in [0.5, 0.6) is 0 Å². The predicted molar refractivity (Wildman–Crippen MR) is 75.7 cm³/mol. The Morgan fingerprint density at radius 3 is 2.73 bits per heavy atom. The Labute approximate surface area is 124 Å². The van der Waals surface area contributed by atoms with Crippen molar-refractivity contribution in [3.8, 4) is 0 Å². The number of benzene rings is 1. The minimum absolute atomic E-state index is 0.228. The molecule has 3 rings (SSSR count). The van der Waals surface area contributed by atoms with Gasteiger partial charge in [-0.2, -0.15) is 0 Å². The Bertz CT molecular complexity index is 865. The first-order valence-electron chi connectivity index (χ1n) is 6.48. The lowest BCUT2D eigenvalue weighted by molar-refractivity contribution is -0.138. The van der Waals surface area contributed by atoms with E-state index < -0.39 is 18.5 Å². The summed E-state index contributed by atoms with van der Waals surface area (Å²) < 4.78 is 1.10. The Balaban J connectivity index is 2.05. The van der Waals surface area contributed by atoms with Crippen LogP contribution < -0.4 is 0 Å². The molecule has 0 unspecified atom stereocenters. The van der Waals surface area contributed by atoms with Crippen molar-refractivity contribution in [2.45, 2.75) is 13.0 Å². The number of carbonyl (C=O) groups is 2. The number of carboxylic acids is 2. The van der Waals surface area contributed by atoms with Crippen molar-refractivity contribution in [2.24, 2.45) is 0 Å². The van der Waals surface area contributed by atoms with E-state index in [0.29, 0.717) is 0 Å². The van der Waals surface area contributed by atoms with Gasteiger partial charge in [-0.1, -0.05) is 23.4 Å². The number of H-pyrrole nitrogens is 1. The molecule has 22 heavy (non-hydrogen) atoms. The average molecular weight is 300 g/mol. The van der Waals surface area contributed by atoms with Crippen molar-refractivity contribution < 1.29 is 19.8 Å². The summed E-state index contributed by atoms with van der Waals surface area (Å²) in [6.45, 7) is -0.433. The van der Waals surface area contributed by atoms with Crippen LogP contribution in [0.1, 0.15) is 21.7 Å². The number of aromatic nitrogens is 4. The number of rotatable bonds is 5. The Morgan fingerprint density at radius 1 is 1.23 bits per heavy atom. The van der Waals surface area contributed by atoms with E-state index in [1.165, 1.54) is 0 Å². The number of para-hydroxylation sites is 1. The molecule has 0 saturated heterocycles. The van der Waals surface area contributed by atoms with E-state index in [2.05, 4.69) is 15.3 Å². The van der Waals surface area contributed by atoms with Gasteiger partial charge in [0.1, 0.15) is 6.54 Å². The van der Waals surface area contributed by atoms with E-state index in [4.69, 9.17) is 5.11 Å². The van der Waals surface area contributed by atoms with Crippen molar-refractivity contribution in [1.29, 1.82) is 0 Å². The van der Waals surface area contributed by atoms with Gasteiger partial charge in [-0.15, -0.1) is 5.10 Å². The van der Waals surface area contributed by atoms with E-state index in [1.807, 2.05) is 24.3 Å². The van der Waals surface area contributed by atoms with E-state index in [1.54, 1.807) is 6.20 Å². The highest BCUT2D eigenvalue weighted by atomic mass is 16.4. The molecular formula is C14H12N4O4. The van der Waals surface area contributed by atoms with Crippen LogP contribution in [0.15, 0.2) is 30.5 Å². The second kappa shape index (κ2) is 5.32. The number of nitrogens with one attached hydrogen (secondary N) is 1. The summed E-state index contributed by atoms with van der Waals surface area (Å²) in [5, 5.41) is 26.2. The maximum Gasteiger partial charge on any atom is 0.358 e. The smallest absolute Gasteiger partial charge is 0.358 e. The second-order valence-corrected chi connectivity index (χ2v) is 4.78. The van der Waals surface area contributed by atoms with Crippen LogP contribution in [0.25, 0.3) is 10.9 Å². The van der Waals surface area contributed by atoms with Crippen molar-refractivity contribution in [1.82, 2.24) is 20.0 Å². The maximum atomic E-state index is 11.2. The molecule has 0 atom stereocenters. The molecule has 0 bridgehead atoms. The van der Waals surface area contributed by atoms with E-state index in [-0.39, 0.29) is 17.8 Å². The molecule has 2 heterocycles. The molecule has 1 aromatic carbocycles. The Morgan fingerprint density at radius 2 is 2.00 bits per heavy atom. The number of aliphatic carboxylic acids is 1. The summed E-state index contributed by atoms with van der Waals surface area (Å²) >= 11 is 0. The summed E-state index contributed by atoms with van der Waals surface area (Å²) in [6, 6.07) is 7.59. The summed E-state index contributed by atoms with van der Waals surface area (Å²) in [5.74, 6) is -2.34. The van der Waals surface area contributed by atoms with Gasteiger partial charge in [0, 0.05) is 23.5 Å². The average Bonchev–Trinajstić information content (AvgIpc) is 3.04. The molecule has 0 aliphatic carbocycles. The normalized spacial score (nSPS) is 10.9. The molecule has 0 amide bonds. The summed E-state index contributed by atoms with van der Waals surface area (Å²) in [5.41, 5.74) is 1.81. The zero-order chi connectivity index (χ0) is 15.7. The van der Waals surface area contributed by atoms with Gasteiger partial charge < -0.3 is 15.2 Å². The molecule has 0 radical (unpaired) electrons. The highest BCUT2D eigenvalue weighted by molar-refractivity contribution is 5.88. The molecular weight excluding hydrogens is 288 g/mol. The largest absolute Gasteiger partial charge is 0.480 e. The van der Waals surface area contributed by atoms with Gasteiger partial charge in [0.15, 0.2) is 5.69 Å². The fourth-order valence-corrected chi connectivity index (χ4v) is 2.39. The summed E-state index contributed by atoms with van der Waals surface area (Å²) in [7, 11) is 0. The number of carboxylic acid groups (broad SMARTS) is 2. The Kier molecular flexibility index (Phi) is 3.34. The molecule has 0 saturated carbocycles. The molecule has 2 aromatic heterocycles. The maximum absolute atomic E-state index is 11.2. The second-order valence-electron chi connectivity index (χ2n) is 4.78. The number of aromatic amines is 1. The number of fused-ring (bicyclic) bond motifs is 1. The molecule has 8 heteroatoms. The van der Waals surface area contributed by atoms with E-state index in [0.717, 1.165) is 21.1 Å². The topological polar surface area (TPSA) is 121 Å². The molecule has 3 aromatic rings. The number of hydrogen-bond acceptors (Lipinski definition) is 4. The first-order chi connectivity index (χ1) is 10.6. The van der Waals surface area contributed by atoms with Crippen LogP contribution in [-0.2, 0) is 17.8 Å². The third-order valence-electron chi connectivity index (χ3n) is 3.36. The van der Waals surface area contributed by atoms with Gasteiger partial charge in [0.2, 0.25) is 0 Å². The van der Waals surface area contributed by atoms with Crippen molar-refractivity contribution in [3.05, 3.63) is 47.4 Å². The summed E-state index contributed by atoms with van der Waals surface area (Å²) in [6.07, 6.45) is 2.00. The van der Waals surface area contributed by atoms with Crippen LogP contribution >= 0.6 is 0 Å². The van der Waals surface area contributed by atoms with Crippen LogP contribution in [0.3, 0.4) is 0 Å². The SMILES string of the molecule is O=C(O)Cn1nnc(C(=O)O)c1Cc1c[nH]c2ccccc12. The minimum atomic E-state index is -1.23. The van der Waals surface area contributed by atoms with Crippen LogP contribution in [0.2, 0.25) is 0 Å². The van der Waals surface area contributed by atoms with E-state index in [9.17, 15) is 14.7 Å². The third-order valence-corrected chi connectivity index (χ3v) is 3.36. The zero-order valence-corrected chi connectivity index (χ0v) is 11.4. The van der Waals surface area contributed by atoms with Crippen molar-refractivity contribution in [2.75, 3.05) is 0 Å². The van der Waals surface area contributed by atoms with Gasteiger partial charge in [0.25, 0.3) is 0 Å². The monoisotopic (exact) mass is 300 g/mol. The van der Waals surface area contributed by atoms with Gasteiger partial charge in [-0.05, 0) is 11.6 Å².